The summed E-state index contributed by atoms with van der Waals surface area (Å²) in [5.41, 5.74) is 7.28. The first-order valence-electron chi connectivity index (χ1n) is 6.07. The van der Waals surface area contributed by atoms with Crippen LogP contribution in [0.3, 0.4) is 0 Å². The van der Waals surface area contributed by atoms with E-state index >= 15 is 0 Å². The summed E-state index contributed by atoms with van der Waals surface area (Å²) in [6.45, 7) is 0.225. The van der Waals surface area contributed by atoms with Crippen LogP contribution in [0.5, 0.6) is 0 Å². The van der Waals surface area contributed by atoms with Gasteiger partial charge >= 0.3 is 5.97 Å². The van der Waals surface area contributed by atoms with E-state index in [1.54, 1.807) is 12.4 Å². The van der Waals surface area contributed by atoms with Crippen LogP contribution in [-0.4, -0.2) is 11.0 Å². The molecule has 0 atom stereocenters. The maximum atomic E-state index is 12.0. The number of nitrogens with two attached hydrogens (primary N) is 1. The Morgan fingerprint density at radius 2 is 2.20 bits per heavy atom. The van der Waals surface area contributed by atoms with E-state index < -0.39 is 0 Å². The van der Waals surface area contributed by atoms with Gasteiger partial charge in [-0.25, -0.2) is 4.79 Å². The Morgan fingerprint density at radius 3 is 3.00 bits per heavy atom. The molecule has 0 unspecified atom stereocenters. The van der Waals surface area contributed by atoms with Gasteiger partial charge < -0.3 is 10.5 Å². The number of hydrogen-bond acceptors (Lipinski definition) is 5. The van der Waals surface area contributed by atoms with Crippen molar-refractivity contribution < 1.29 is 9.53 Å². The minimum atomic E-state index is -0.325. The molecule has 2 N–H and O–H groups in total. The summed E-state index contributed by atoms with van der Waals surface area (Å²) < 4.78 is 6.30. The van der Waals surface area contributed by atoms with Crippen molar-refractivity contribution in [1.82, 2.24) is 4.98 Å². The predicted octanol–water partition coefficient (Wildman–Crippen LogP) is 3.24. The second kappa shape index (κ2) is 5.30. The van der Waals surface area contributed by atoms with E-state index in [9.17, 15) is 4.79 Å². The first-order chi connectivity index (χ1) is 9.72. The molecule has 0 saturated heterocycles. The Labute approximate surface area is 119 Å². The van der Waals surface area contributed by atoms with Gasteiger partial charge in [-0.3, -0.25) is 4.98 Å². The number of benzene rings is 1. The molecule has 0 saturated carbocycles. The molecular formula is C15H12N2O2S. The third-order valence-electron chi connectivity index (χ3n) is 2.83. The van der Waals surface area contributed by atoms with Gasteiger partial charge in [0.15, 0.2) is 0 Å². The van der Waals surface area contributed by atoms with Crippen LogP contribution >= 0.6 is 11.3 Å². The largest absolute Gasteiger partial charge is 0.457 e. The van der Waals surface area contributed by atoms with Crippen molar-refractivity contribution in [3.8, 4) is 0 Å². The van der Waals surface area contributed by atoms with Crippen LogP contribution in [0.4, 0.5) is 5.69 Å². The molecule has 0 radical (unpaired) electrons. The maximum Gasteiger partial charge on any atom is 0.348 e. The zero-order valence-corrected chi connectivity index (χ0v) is 11.4. The summed E-state index contributed by atoms with van der Waals surface area (Å²) >= 11 is 1.40. The number of anilines is 1. The van der Waals surface area contributed by atoms with Crippen LogP contribution in [0, 0.1) is 0 Å². The van der Waals surface area contributed by atoms with Gasteiger partial charge in [-0.2, -0.15) is 0 Å². The summed E-state index contributed by atoms with van der Waals surface area (Å²) in [6, 6.07) is 11.1. The van der Waals surface area contributed by atoms with Crippen LogP contribution in [0.25, 0.3) is 10.1 Å². The number of carbonyl (C=O) groups is 1. The second-order valence-electron chi connectivity index (χ2n) is 4.35. The molecule has 0 aliphatic rings. The topological polar surface area (TPSA) is 65.2 Å². The Bertz CT molecular complexity index is 753. The van der Waals surface area contributed by atoms with E-state index in [2.05, 4.69) is 4.98 Å². The maximum absolute atomic E-state index is 12.0. The smallest absolute Gasteiger partial charge is 0.348 e. The summed E-state index contributed by atoms with van der Waals surface area (Å²) in [4.78, 5) is 16.6. The third kappa shape index (κ3) is 2.62. The fraction of sp³-hybridized carbons (Fsp3) is 0.0667. The lowest BCUT2D eigenvalue weighted by atomic mass is 10.2. The molecule has 20 heavy (non-hydrogen) atoms. The lowest BCUT2D eigenvalue weighted by molar-refractivity contribution is 0.0478. The van der Waals surface area contributed by atoms with E-state index in [0.29, 0.717) is 10.6 Å². The van der Waals surface area contributed by atoms with E-state index in [1.165, 1.54) is 11.3 Å². The molecule has 0 bridgehead atoms. The Hall–Kier alpha value is -2.40. The summed E-state index contributed by atoms with van der Waals surface area (Å²) in [5, 5.41) is 0.961. The average Bonchev–Trinajstić information content (AvgIpc) is 2.89. The molecule has 5 heteroatoms. The number of hydrogen-bond donors (Lipinski definition) is 1. The number of esters is 1. The molecule has 0 amide bonds. The molecular weight excluding hydrogens is 272 g/mol. The van der Waals surface area contributed by atoms with Crippen molar-refractivity contribution in [3.05, 3.63) is 59.2 Å². The molecule has 2 aromatic heterocycles. The normalized spacial score (nSPS) is 10.6. The minimum absolute atomic E-state index is 0.225. The van der Waals surface area contributed by atoms with Gasteiger partial charge in [-0.05, 0) is 35.7 Å². The zero-order valence-electron chi connectivity index (χ0n) is 10.6. The minimum Gasteiger partial charge on any atom is -0.457 e. The van der Waals surface area contributed by atoms with Crippen LogP contribution in [0.2, 0.25) is 0 Å². The number of nitrogens with zero attached hydrogens (tertiary/aromatic N) is 1. The van der Waals surface area contributed by atoms with E-state index in [0.717, 1.165) is 15.6 Å². The molecule has 100 valence electrons. The van der Waals surface area contributed by atoms with Gasteiger partial charge in [0.05, 0.1) is 0 Å². The summed E-state index contributed by atoms with van der Waals surface area (Å²) in [6.07, 6.45) is 3.36. The first kappa shape index (κ1) is 12.6. The second-order valence-corrected chi connectivity index (χ2v) is 5.43. The molecule has 0 aliphatic heterocycles. The fourth-order valence-corrected chi connectivity index (χ4v) is 2.80. The molecule has 0 aliphatic carbocycles. The highest BCUT2D eigenvalue weighted by Crippen LogP contribution is 2.27. The molecule has 2 heterocycles. The van der Waals surface area contributed by atoms with Crippen molar-refractivity contribution in [2.45, 2.75) is 6.61 Å². The van der Waals surface area contributed by atoms with Gasteiger partial charge in [0.2, 0.25) is 0 Å². The fourth-order valence-electron chi connectivity index (χ4n) is 1.87. The summed E-state index contributed by atoms with van der Waals surface area (Å²) in [7, 11) is 0. The van der Waals surface area contributed by atoms with Gasteiger partial charge in [-0.1, -0.05) is 6.07 Å². The van der Waals surface area contributed by atoms with Crippen molar-refractivity contribution in [3.63, 3.8) is 0 Å². The number of fused-ring (bicyclic) bond motifs is 1. The van der Waals surface area contributed by atoms with Crippen molar-refractivity contribution in [2.75, 3.05) is 5.73 Å². The molecule has 3 aromatic rings. The third-order valence-corrected chi connectivity index (χ3v) is 3.93. The number of thiophene rings is 1. The highest BCUT2D eigenvalue weighted by atomic mass is 32.1. The quantitative estimate of drug-likeness (QED) is 0.592. The van der Waals surface area contributed by atoms with Gasteiger partial charge in [0, 0.05) is 28.3 Å². The van der Waals surface area contributed by atoms with Gasteiger partial charge in [-0.15, -0.1) is 11.3 Å². The van der Waals surface area contributed by atoms with Crippen LogP contribution < -0.4 is 5.73 Å². The van der Waals surface area contributed by atoms with Gasteiger partial charge in [0.1, 0.15) is 11.5 Å². The first-order valence-corrected chi connectivity index (χ1v) is 6.89. The Balaban J connectivity index is 1.75. The van der Waals surface area contributed by atoms with E-state index in [1.807, 2.05) is 36.4 Å². The van der Waals surface area contributed by atoms with Crippen molar-refractivity contribution in [1.29, 1.82) is 0 Å². The molecule has 0 spiro atoms. The lowest BCUT2D eigenvalue weighted by Gasteiger charge is -2.02. The molecule has 3 rings (SSSR count). The predicted molar refractivity (Wildman–Crippen MR) is 79.6 cm³/mol. The number of ether oxygens (including phenoxy) is 1. The van der Waals surface area contributed by atoms with Crippen LogP contribution in [-0.2, 0) is 11.3 Å². The highest BCUT2D eigenvalue weighted by molar-refractivity contribution is 7.20. The zero-order chi connectivity index (χ0) is 13.9. The molecule has 4 nitrogen and oxygen atoms in total. The van der Waals surface area contributed by atoms with Gasteiger partial charge in [0.25, 0.3) is 0 Å². The van der Waals surface area contributed by atoms with Crippen LogP contribution in [0.1, 0.15) is 15.2 Å². The highest BCUT2D eigenvalue weighted by Gasteiger charge is 2.12. The SMILES string of the molecule is Nc1ccc2sc(C(=O)OCc3cccnc3)cc2c1. The number of nitrogen functional groups attached to an aromatic ring is 1. The Morgan fingerprint density at radius 1 is 1.30 bits per heavy atom. The summed E-state index contributed by atoms with van der Waals surface area (Å²) in [5.74, 6) is -0.325. The average molecular weight is 284 g/mol. The lowest BCUT2D eigenvalue weighted by Crippen LogP contribution is -2.03. The van der Waals surface area contributed by atoms with Crippen LogP contribution in [0.15, 0.2) is 48.8 Å². The van der Waals surface area contributed by atoms with E-state index in [-0.39, 0.29) is 12.6 Å². The number of aromatic nitrogens is 1. The Kier molecular flexibility index (Phi) is 3.35. The monoisotopic (exact) mass is 284 g/mol. The van der Waals surface area contributed by atoms with E-state index in [4.69, 9.17) is 10.5 Å². The molecule has 1 aromatic carbocycles. The van der Waals surface area contributed by atoms with Crippen molar-refractivity contribution in [2.24, 2.45) is 0 Å². The standard InChI is InChI=1S/C15H12N2O2S/c16-12-3-4-13-11(6-12)7-14(20-13)15(18)19-9-10-2-1-5-17-8-10/h1-8H,9,16H2. The van der Waals surface area contributed by atoms with Crippen molar-refractivity contribution >= 4 is 33.1 Å². The number of rotatable bonds is 3. The number of carbonyl (C=O) groups excluding carboxylic acids is 1. The number of pyridine rings is 1. The molecule has 0 fully saturated rings.